The Hall–Kier alpha value is -1.87. The average molecular weight is 313 g/mol. The van der Waals surface area contributed by atoms with E-state index < -0.39 is 0 Å². The van der Waals surface area contributed by atoms with Gasteiger partial charge < -0.3 is 0 Å². The van der Waals surface area contributed by atoms with Gasteiger partial charge in [0.25, 0.3) is 0 Å². The Kier molecular flexibility index (Phi) is 5.56. The molecule has 0 heterocycles. The summed E-state index contributed by atoms with van der Waals surface area (Å²) in [4.78, 5) is 5.14. The van der Waals surface area contributed by atoms with Crippen molar-refractivity contribution in [1.29, 1.82) is 0 Å². The number of aliphatic imine (C=N–C) groups is 1. The van der Waals surface area contributed by atoms with Crippen molar-refractivity contribution in [2.75, 3.05) is 6.54 Å². The van der Waals surface area contributed by atoms with Crippen molar-refractivity contribution in [1.82, 2.24) is 0 Å². The molecule has 0 amide bonds. The first-order valence-electron chi connectivity index (χ1n) is 7.30. The van der Waals surface area contributed by atoms with Crippen LogP contribution in [0.15, 0.2) is 41.4 Å². The van der Waals surface area contributed by atoms with Crippen LogP contribution in [-0.4, -0.2) is 17.6 Å². The summed E-state index contributed by atoms with van der Waals surface area (Å²) in [6, 6.07) is 11.4. The molecule has 0 saturated heterocycles. The number of halogens is 1. The van der Waals surface area contributed by atoms with Crippen molar-refractivity contribution in [3.63, 3.8) is 0 Å². The predicted octanol–water partition coefficient (Wildman–Crippen LogP) is 4.78. The zero-order valence-electron chi connectivity index (χ0n) is 13.2. The zero-order valence-corrected chi connectivity index (χ0v) is 14.0. The molecule has 0 bridgehead atoms. The summed E-state index contributed by atoms with van der Waals surface area (Å²) in [5.74, 6) is -0.246. The van der Waals surface area contributed by atoms with Gasteiger partial charge in [0.15, 0.2) is 0 Å². The summed E-state index contributed by atoms with van der Waals surface area (Å²) in [5, 5.41) is 0. The topological polar surface area (TPSA) is 12.4 Å². The summed E-state index contributed by atoms with van der Waals surface area (Å²) >= 11 is 5.42. The summed E-state index contributed by atoms with van der Waals surface area (Å²) < 4.78 is 13.7. The lowest BCUT2D eigenvalue weighted by Crippen LogP contribution is -2.07. The van der Waals surface area contributed by atoms with Crippen molar-refractivity contribution in [2.45, 2.75) is 27.2 Å². The monoisotopic (exact) mass is 313 g/mol. The standard InChI is InChI=1S/C19H20FNS/c1-13-7-8-16(19(20)9-13)11-21-12-17(22)10-18-14(2)5-4-6-15(18)3/h4-9,11H,10,12H2,1-3H3. The number of hydrogen-bond acceptors (Lipinski definition) is 2. The molecular weight excluding hydrogens is 293 g/mol. The smallest absolute Gasteiger partial charge is 0.132 e. The maximum absolute atomic E-state index is 13.7. The van der Waals surface area contributed by atoms with Crippen LogP contribution in [-0.2, 0) is 6.42 Å². The first-order valence-corrected chi connectivity index (χ1v) is 7.71. The van der Waals surface area contributed by atoms with Gasteiger partial charge in [0.1, 0.15) is 5.82 Å². The van der Waals surface area contributed by atoms with E-state index in [4.69, 9.17) is 12.2 Å². The van der Waals surface area contributed by atoms with Crippen LogP contribution >= 0.6 is 12.2 Å². The van der Waals surface area contributed by atoms with Gasteiger partial charge in [-0.2, -0.15) is 0 Å². The normalized spacial score (nSPS) is 11.1. The number of aryl methyl sites for hydroxylation is 3. The molecule has 0 radical (unpaired) electrons. The van der Waals surface area contributed by atoms with Gasteiger partial charge in [0.2, 0.25) is 0 Å². The Bertz CT molecular complexity index is 699. The molecule has 0 saturated carbocycles. The molecule has 0 N–H and O–H groups in total. The fourth-order valence-corrected chi connectivity index (χ4v) is 2.58. The molecule has 0 fully saturated rings. The van der Waals surface area contributed by atoms with Gasteiger partial charge in [-0.3, -0.25) is 4.99 Å². The van der Waals surface area contributed by atoms with Crippen molar-refractivity contribution >= 4 is 23.3 Å². The second-order valence-corrected chi connectivity index (χ2v) is 6.16. The Morgan fingerprint density at radius 3 is 2.45 bits per heavy atom. The van der Waals surface area contributed by atoms with Crippen LogP contribution in [0.4, 0.5) is 4.39 Å². The third-order valence-corrected chi connectivity index (χ3v) is 3.95. The van der Waals surface area contributed by atoms with Gasteiger partial charge in [-0.05, 0) is 49.1 Å². The first kappa shape index (κ1) is 16.5. The quantitative estimate of drug-likeness (QED) is 0.571. The van der Waals surface area contributed by atoms with Crippen LogP contribution in [0.1, 0.15) is 27.8 Å². The van der Waals surface area contributed by atoms with E-state index in [1.165, 1.54) is 22.8 Å². The summed E-state index contributed by atoms with van der Waals surface area (Å²) in [6.07, 6.45) is 2.30. The maximum Gasteiger partial charge on any atom is 0.132 e. The molecule has 3 heteroatoms. The molecular formula is C19H20FNS. The largest absolute Gasteiger partial charge is 0.287 e. The van der Waals surface area contributed by atoms with Gasteiger partial charge in [-0.1, -0.05) is 42.5 Å². The lowest BCUT2D eigenvalue weighted by atomic mass is 9.99. The van der Waals surface area contributed by atoms with Gasteiger partial charge >= 0.3 is 0 Å². The number of thiocarbonyl (C=S) groups is 1. The molecule has 22 heavy (non-hydrogen) atoms. The molecule has 0 spiro atoms. The van der Waals surface area contributed by atoms with Crippen molar-refractivity contribution in [3.05, 3.63) is 70.0 Å². The second kappa shape index (κ2) is 7.41. The molecule has 0 aliphatic heterocycles. The van der Waals surface area contributed by atoms with Crippen molar-refractivity contribution in [3.8, 4) is 0 Å². The lowest BCUT2D eigenvalue weighted by molar-refractivity contribution is 0.624. The average Bonchev–Trinajstić information content (AvgIpc) is 2.45. The molecule has 2 aromatic rings. The Balaban J connectivity index is 1.99. The van der Waals surface area contributed by atoms with Crippen LogP contribution in [0, 0.1) is 26.6 Å². The Morgan fingerprint density at radius 2 is 1.82 bits per heavy atom. The van der Waals surface area contributed by atoms with Crippen molar-refractivity contribution < 1.29 is 4.39 Å². The van der Waals surface area contributed by atoms with E-state index in [2.05, 4.69) is 37.0 Å². The minimum absolute atomic E-state index is 0.246. The number of benzene rings is 2. The fraction of sp³-hybridized carbons (Fsp3) is 0.263. The predicted molar refractivity (Wildman–Crippen MR) is 95.8 cm³/mol. The van der Waals surface area contributed by atoms with Crippen LogP contribution in [0.5, 0.6) is 0 Å². The highest BCUT2D eigenvalue weighted by Gasteiger charge is 2.05. The fourth-order valence-electron chi connectivity index (χ4n) is 2.36. The maximum atomic E-state index is 13.7. The number of rotatable bonds is 5. The third-order valence-electron chi connectivity index (χ3n) is 3.67. The lowest BCUT2D eigenvalue weighted by Gasteiger charge is -2.09. The van der Waals surface area contributed by atoms with Gasteiger partial charge in [-0.25, -0.2) is 4.39 Å². The highest BCUT2D eigenvalue weighted by molar-refractivity contribution is 7.80. The Labute approximate surface area is 136 Å². The van der Waals surface area contributed by atoms with E-state index in [0.717, 1.165) is 16.8 Å². The third kappa shape index (κ3) is 4.31. The minimum Gasteiger partial charge on any atom is -0.287 e. The number of hydrogen-bond donors (Lipinski definition) is 0. The van der Waals surface area contributed by atoms with Crippen LogP contribution in [0.3, 0.4) is 0 Å². The molecule has 2 rings (SSSR count). The van der Waals surface area contributed by atoms with Crippen LogP contribution in [0.2, 0.25) is 0 Å². The van der Waals surface area contributed by atoms with E-state index in [0.29, 0.717) is 12.1 Å². The highest BCUT2D eigenvalue weighted by Crippen LogP contribution is 2.14. The number of nitrogens with zero attached hydrogens (tertiary/aromatic N) is 1. The second-order valence-electron chi connectivity index (χ2n) is 5.58. The summed E-state index contributed by atoms with van der Waals surface area (Å²) in [7, 11) is 0. The molecule has 1 nitrogen and oxygen atoms in total. The summed E-state index contributed by atoms with van der Waals surface area (Å²) in [6.45, 7) is 6.49. The summed E-state index contributed by atoms with van der Waals surface area (Å²) in [5.41, 5.74) is 5.16. The van der Waals surface area contributed by atoms with E-state index in [-0.39, 0.29) is 5.82 Å². The van der Waals surface area contributed by atoms with E-state index in [1.807, 2.05) is 13.0 Å². The molecule has 0 aliphatic carbocycles. The molecule has 0 atom stereocenters. The van der Waals surface area contributed by atoms with Gasteiger partial charge in [0, 0.05) is 23.1 Å². The highest BCUT2D eigenvalue weighted by atomic mass is 32.1. The van der Waals surface area contributed by atoms with Crippen LogP contribution in [0.25, 0.3) is 0 Å². The Morgan fingerprint density at radius 1 is 1.14 bits per heavy atom. The molecule has 0 aliphatic rings. The van der Waals surface area contributed by atoms with Gasteiger partial charge in [0.05, 0.1) is 6.54 Å². The van der Waals surface area contributed by atoms with E-state index >= 15 is 0 Å². The van der Waals surface area contributed by atoms with E-state index in [1.54, 1.807) is 12.3 Å². The molecule has 0 aromatic heterocycles. The van der Waals surface area contributed by atoms with E-state index in [9.17, 15) is 4.39 Å². The first-order chi connectivity index (χ1) is 10.5. The van der Waals surface area contributed by atoms with Crippen LogP contribution < -0.4 is 0 Å². The zero-order chi connectivity index (χ0) is 16.1. The SMILES string of the molecule is Cc1ccc(C=NCC(=S)Cc2c(C)cccc2C)c(F)c1. The van der Waals surface area contributed by atoms with Gasteiger partial charge in [-0.15, -0.1) is 0 Å². The van der Waals surface area contributed by atoms with Crippen molar-refractivity contribution in [2.24, 2.45) is 4.99 Å². The minimum atomic E-state index is -0.246. The molecule has 0 unspecified atom stereocenters. The molecule has 2 aromatic carbocycles. The molecule has 114 valence electrons.